The molecule has 39 heavy (non-hydrogen) atoms. The summed E-state index contributed by atoms with van der Waals surface area (Å²) in [6, 6.07) is 5.90. The Labute approximate surface area is 226 Å². The van der Waals surface area contributed by atoms with Crippen molar-refractivity contribution in [3.05, 3.63) is 53.5 Å². The third-order valence-corrected chi connectivity index (χ3v) is 10.3. The molecule has 0 bridgehead atoms. The van der Waals surface area contributed by atoms with Gasteiger partial charge in [0.1, 0.15) is 11.4 Å². The third-order valence-electron chi connectivity index (χ3n) is 7.90. The summed E-state index contributed by atoms with van der Waals surface area (Å²) in [4.78, 5) is 22.5. The SMILES string of the molecule is O=C(Nc1cc(C2CCN(S(=O)(=O)C3CC3)CC2)nn1-c1ccc(C2CC2)cn1)c1cnn2c1N=CCC=C2. The number of fused-ring (bicyclic) bond motifs is 1. The van der Waals surface area contributed by atoms with Crippen molar-refractivity contribution in [1.82, 2.24) is 28.9 Å². The minimum absolute atomic E-state index is 0.0837. The highest BCUT2D eigenvalue weighted by molar-refractivity contribution is 7.90. The smallest absolute Gasteiger partial charge is 0.262 e. The molecular formula is C27H30N8O3S. The zero-order valence-corrected chi connectivity index (χ0v) is 22.3. The van der Waals surface area contributed by atoms with E-state index in [2.05, 4.69) is 26.5 Å². The van der Waals surface area contributed by atoms with Crippen LogP contribution in [0.5, 0.6) is 0 Å². The number of carbonyl (C=O) groups excluding carboxylic acids is 1. The molecule has 4 aliphatic rings. The summed E-state index contributed by atoms with van der Waals surface area (Å²) in [6.07, 6.45) is 14.8. The Morgan fingerprint density at radius 3 is 2.54 bits per heavy atom. The fourth-order valence-corrected chi connectivity index (χ4v) is 7.20. The average Bonchev–Trinajstić information content (AvgIpc) is 3.88. The highest BCUT2D eigenvalue weighted by atomic mass is 32.2. The summed E-state index contributed by atoms with van der Waals surface area (Å²) >= 11 is 0. The Balaban J connectivity index is 1.17. The van der Waals surface area contributed by atoms with Crippen molar-refractivity contribution in [2.75, 3.05) is 18.4 Å². The Morgan fingerprint density at radius 2 is 1.82 bits per heavy atom. The molecule has 0 unspecified atom stereocenters. The first kappa shape index (κ1) is 24.4. The summed E-state index contributed by atoms with van der Waals surface area (Å²) < 4.78 is 30.3. The first-order valence-electron chi connectivity index (χ1n) is 13.6. The topological polar surface area (TPSA) is 127 Å². The Morgan fingerprint density at radius 1 is 1.00 bits per heavy atom. The quantitative estimate of drug-likeness (QED) is 0.480. The molecule has 3 fully saturated rings. The molecule has 0 radical (unpaired) electrons. The molecule has 202 valence electrons. The standard InChI is InChI=1S/C27H30N8O3S/c36-27(22-17-30-34-12-2-1-11-28-26(22)34)31-25-15-23(19-9-13-33(14-10-19)39(37,38)21-6-7-21)32-35(25)24-8-5-20(16-29-24)18-3-4-18/h2,5,8,11-12,15-19,21H,1,3-4,6-7,9-10,13-14H2,(H,31,36). The number of amides is 1. The van der Waals surface area contributed by atoms with Gasteiger partial charge in [-0.15, -0.1) is 0 Å². The van der Waals surface area contributed by atoms with Gasteiger partial charge in [-0.05, 0) is 56.1 Å². The molecule has 5 heterocycles. The Bertz CT molecular complexity index is 1570. The number of aliphatic imine (C=N–C) groups is 1. The molecule has 12 heteroatoms. The van der Waals surface area contributed by atoms with E-state index in [4.69, 9.17) is 5.10 Å². The van der Waals surface area contributed by atoms with Crippen molar-refractivity contribution >= 4 is 40.0 Å². The van der Waals surface area contributed by atoms with Crippen LogP contribution in [0.1, 0.15) is 78.4 Å². The van der Waals surface area contributed by atoms with Crippen molar-refractivity contribution in [2.24, 2.45) is 4.99 Å². The van der Waals surface area contributed by atoms with Crippen LogP contribution in [0.15, 0.2) is 41.7 Å². The van der Waals surface area contributed by atoms with Gasteiger partial charge in [0, 0.05) is 50.1 Å². The molecular weight excluding hydrogens is 516 g/mol. The van der Waals surface area contributed by atoms with Gasteiger partial charge in [0.2, 0.25) is 10.0 Å². The summed E-state index contributed by atoms with van der Waals surface area (Å²) in [7, 11) is -3.18. The second-order valence-corrected chi connectivity index (χ2v) is 12.9. The van der Waals surface area contributed by atoms with E-state index < -0.39 is 10.0 Å². The lowest BCUT2D eigenvalue weighted by molar-refractivity contribution is 0.102. The van der Waals surface area contributed by atoms with E-state index in [0.29, 0.717) is 61.3 Å². The second kappa shape index (κ2) is 9.53. The van der Waals surface area contributed by atoms with Gasteiger partial charge in [-0.2, -0.15) is 14.9 Å². The number of aromatic nitrogens is 5. The van der Waals surface area contributed by atoms with Crippen LogP contribution in [0.25, 0.3) is 12.0 Å². The van der Waals surface area contributed by atoms with E-state index in [0.717, 1.165) is 18.5 Å². The highest BCUT2D eigenvalue weighted by Gasteiger charge is 2.41. The number of nitrogens with one attached hydrogen (secondary N) is 1. The largest absolute Gasteiger partial charge is 0.306 e. The first-order chi connectivity index (χ1) is 19.0. The predicted octanol–water partition coefficient (Wildman–Crippen LogP) is 3.84. The van der Waals surface area contributed by atoms with E-state index in [-0.39, 0.29) is 17.1 Å². The van der Waals surface area contributed by atoms with Gasteiger partial charge in [0.25, 0.3) is 5.91 Å². The second-order valence-electron chi connectivity index (χ2n) is 10.7. The maximum absolute atomic E-state index is 13.4. The van der Waals surface area contributed by atoms with Crippen molar-refractivity contribution < 1.29 is 13.2 Å². The molecule has 2 saturated carbocycles. The van der Waals surface area contributed by atoms with E-state index >= 15 is 0 Å². The number of anilines is 1. The molecule has 3 aromatic rings. The summed E-state index contributed by atoms with van der Waals surface area (Å²) in [6.45, 7) is 0.973. The predicted molar refractivity (Wildman–Crippen MR) is 147 cm³/mol. The number of pyridine rings is 1. The van der Waals surface area contributed by atoms with Gasteiger partial charge in [-0.3, -0.25) is 4.79 Å². The fourth-order valence-electron chi connectivity index (χ4n) is 5.32. The summed E-state index contributed by atoms with van der Waals surface area (Å²) in [5.74, 6) is 1.93. The van der Waals surface area contributed by atoms with Crippen LogP contribution in [0.2, 0.25) is 0 Å². The van der Waals surface area contributed by atoms with Crippen molar-refractivity contribution in [1.29, 1.82) is 0 Å². The van der Waals surface area contributed by atoms with Gasteiger partial charge in [-0.1, -0.05) is 12.1 Å². The number of piperidine rings is 1. The van der Waals surface area contributed by atoms with Crippen LogP contribution in [0, 0.1) is 0 Å². The monoisotopic (exact) mass is 546 g/mol. The zero-order chi connectivity index (χ0) is 26.6. The molecule has 0 spiro atoms. The molecule has 11 nitrogen and oxygen atoms in total. The first-order valence-corrected chi connectivity index (χ1v) is 15.1. The molecule has 0 atom stereocenters. The van der Waals surface area contributed by atoms with E-state index in [9.17, 15) is 13.2 Å². The van der Waals surface area contributed by atoms with E-state index in [1.807, 2.05) is 24.4 Å². The lowest BCUT2D eigenvalue weighted by Gasteiger charge is -2.30. The molecule has 7 rings (SSSR count). The average molecular weight is 547 g/mol. The minimum atomic E-state index is -3.18. The maximum atomic E-state index is 13.4. The van der Waals surface area contributed by atoms with Crippen LogP contribution in [-0.4, -0.2) is 67.7 Å². The van der Waals surface area contributed by atoms with E-state index in [1.165, 1.54) is 24.6 Å². The Kier molecular flexibility index (Phi) is 5.96. The Hall–Kier alpha value is -3.64. The normalized spacial score (nSPS) is 20.1. The molecule has 1 amide bonds. The van der Waals surface area contributed by atoms with Crippen LogP contribution in [0.3, 0.4) is 0 Å². The number of rotatable bonds is 7. The molecule has 2 aliphatic carbocycles. The summed E-state index contributed by atoms with van der Waals surface area (Å²) in [5.41, 5.74) is 2.40. The van der Waals surface area contributed by atoms with Crippen molar-refractivity contribution in [2.45, 2.75) is 62.0 Å². The highest BCUT2D eigenvalue weighted by Crippen LogP contribution is 2.40. The molecule has 1 N–H and O–H groups in total. The van der Waals surface area contributed by atoms with E-state index in [1.54, 1.807) is 26.1 Å². The molecule has 2 aliphatic heterocycles. The minimum Gasteiger partial charge on any atom is -0.306 e. The molecule has 1 saturated heterocycles. The lowest BCUT2D eigenvalue weighted by atomic mass is 9.95. The van der Waals surface area contributed by atoms with Crippen LogP contribution in [0.4, 0.5) is 11.6 Å². The van der Waals surface area contributed by atoms with Gasteiger partial charge in [0.15, 0.2) is 11.6 Å². The fraction of sp³-hybridized carbons (Fsp3) is 0.444. The van der Waals surface area contributed by atoms with Crippen LogP contribution < -0.4 is 5.32 Å². The number of carbonyl (C=O) groups is 1. The molecule has 0 aromatic carbocycles. The number of hydrogen-bond donors (Lipinski definition) is 1. The molecule has 3 aromatic heterocycles. The number of sulfonamides is 1. The van der Waals surface area contributed by atoms with Gasteiger partial charge >= 0.3 is 0 Å². The van der Waals surface area contributed by atoms with Gasteiger partial charge < -0.3 is 5.32 Å². The maximum Gasteiger partial charge on any atom is 0.262 e. The lowest BCUT2D eigenvalue weighted by Crippen LogP contribution is -2.39. The third kappa shape index (κ3) is 4.71. The van der Waals surface area contributed by atoms with Crippen LogP contribution >= 0.6 is 0 Å². The van der Waals surface area contributed by atoms with Crippen LogP contribution in [-0.2, 0) is 10.0 Å². The number of allylic oxidation sites excluding steroid dienone is 1. The van der Waals surface area contributed by atoms with Gasteiger partial charge in [-0.25, -0.2) is 27.4 Å². The summed E-state index contributed by atoms with van der Waals surface area (Å²) in [5, 5.41) is 12.0. The van der Waals surface area contributed by atoms with Gasteiger partial charge in [0.05, 0.1) is 17.1 Å². The number of hydrogen-bond acceptors (Lipinski definition) is 7. The van der Waals surface area contributed by atoms with Crippen molar-refractivity contribution in [3.63, 3.8) is 0 Å². The van der Waals surface area contributed by atoms with Crippen molar-refractivity contribution in [3.8, 4) is 5.82 Å². The zero-order valence-electron chi connectivity index (χ0n) is 21.5. The number of nitrogens with zero attached hydrogens (tertiary/aromatic N) is 7.